The van der Waals surface area contributed by atoms with Gasteiger partial charge >= 0.3 is 0 Å². The Balaban J connectivity index is 2.13. The summed E-state index contributed by atoms with van der Waals surface area (Å²) in [5, 5.41) is 0.657. The van der Waals surface area contributed by atoms with Gasteiger partial charge in [0.15, 0.2) is 0 Å². The minimum Gasteiger partial charge on any atom is -0.492 e. The van der Waals surface area contributed by atoms with Gasteiger partial charge in [-0.05, 0) is 31.0 Å². The molecule has 0 aliphatic rings. The predicted octanol–water partition coefficient (Wildman–Crippen LogP) is 5.88. The molecule has 2 nitrogen and oxygen atoms in total. The van der Waals surface area contributed by atoms with Crippen LogP contribution in [-0.2, 0) is 0 Å². The highest BCUT2D eigenvalue weighted by molar-refractivity contribution is 6.32. The van der Waals surface area contributed by atoms with Crippen LogP contribution in [0.5, 0.6) is 5.75 Å². The first-order valence-electron chi connectivity index (χ1n) is 8.33. The van der Waals surface area contributed by atoms with Gasteiger partial charge in [0.2, 0.25) is 0 Å². The fourth-order valence-electron chi connectivity index (χ4n) is 2.34. The van der Waals surface area contributed by atoms with Gasteiger partial charge in [-0.15, -0.1) is 0 Å². The number of nitrogens with two attached hydrogens (primary N) is 1. The van der Waals surface area contributed by atoms with E-state index in [-0.39, 0.29) is 6.04 Å². The highest BCUT2D eigenvalue weighted by atomic mass is 35.5. The Labute approximate surface area is 135 Å². The topological polar surface area (TPSA) is 35.2 Å². The van der Waals surface area contributed by atoms with Crippen molar-refractivity contribution in [2.45, 2.75) is 71.3 Å². The fourth-order valence-corrected chi connectivity index (χ4v) is 2.58. The van der Waals surface area contributed by atoms with E-state index in [1.807, 2.05) is 25.1 Å². The van der Waals surface area contributed by atoms with Gasteiger partial charge in [-0.3, -0.25) is 0 Å². The second kappa shape index (κ2) is 10.9. The molecule has 0 radical (unpaired) electrons. The number of hydrogen-bond donors (Lipinski definition) is 1. The summed E-state index contributed by atoms with van der Waals surface area (Å²) in [6.45, 7) is 4.95. The van der Waals surface area contributed by atoms with Gasteiger partial charge < -0.3 is 10.5 Å². The van der Waals surface area contributed by atoms with Crippen molar-refractivity contribution in [3.05, 3.63) is 28.8 Å². The Morgan fingerprint density at radius 1 is 1.05 bits per heavy atom. The monoisotopic (exact) mass is 311 g/mol. The van der Waals surface area contributed by atoms with Crippen molar-refractivity contribution in [3.8, 4) is 5.75 Å². The van der Waals surface area contributed by atoms with Crippen LogP contribution in [0.3, 0.4) is 0 Å². The summed E-state index contributed by atoms with van der Waals surface area (Å²) < 4.78 is 5.74. The van der Waals surface area contributed by atoms with Crippen molar-refractivity contribution in [1.29, 1.82) is 0 Å². The van der Waals surface area contributed by atoms with E-state index in [9.17, 15) is 0 Å². The number of ether oxygens (including phenoxy) is 1. The molecule has 120 valence electrons. The number of hydrogen-bond acceptors (Lipinski definition) is 2. The van der Waals surface area contributed by atoms with Crippen molar-refractivity contribution in [3.63, 3.8) is 0 Å². The zero-order valence-corrected chi connectivity index (χ0v) is 14.3. The summed E-state index contributed by atoms with van der Waals surface area (Å²) in [4.78, 5) is 0. The Morgan fingerprint density at radius 3 is 2.24 bits per heavy atom. The van der Waals surface area contributed by atoms with Crippen molar-refractivity contribution >= 4 is 11.6 Å². The van der Waals surface area contributed by atoms with E-state index in [4.69, 9.17) is 22.1 Å². The largest absolute Gasteiger partial charge is 0.492 e. The first-order chi connectivity index (χ1) is 10.1. The summed E-state index contributed by atoms with van der Waals surface area (Å²) in [6.07, 6.45) is 10.4. The van der Waals surface area contributed by atoms with E-state index in [1.54, 1.807) is 0 Å². The quantitative estimate of drug-likeness (QED) is 0.518. The van der Waals surface area contributed by atoms with Crippen LogP contribution in [0.2, 0.25) is 5.02 Å². The van der Waals surface area contributed by atoms with Crippen LogP contribution in [0, 0.1) is 0 Å². The maximum atomic E-state index is 6.20. The SMILES string of the molecule is CCCCCCCCCCOc1ccc([C@H](C)N)cc1Cl. The lowest BCUT2D eigenvalue weighted by Gasteiger charge is -2.11. The molecule has 21 heavy (non-hydrogen) atoms. The zero-order valence-electron chi connectivity index (χ0n) is 13.5. The molecule has 0 spiro atoms. The highest BCUT2D eigenvalue weighted by Gasteiger charge is 2.05. The van der Waals surface area contributed by atoms with Gasteiger partial charge in [0, 0.05) is 6.04 Å². The van der Waals surface area contributed by atoms with Crippen molar-refractivity contribution in [2.24, 2.45) is 5.73 Å². The molecule has 1 aromatic carbocycles. The van der Waals surface area contributed by atoms with E-state index in [0.29, 0.717) is 5.02 Å². The molecule has 2 N–H and O–H groups in total. The minimum absolute atomic E-state index is 0.00394. The molecule has 0 fully saturated rings. The number of benzene rings is 1. The van der Waals surface area contributed by atoms with Gasteiger partial charge in [0.05, 0.1) is 11.6 Å². The van der Waals surface area contributed by atoms with Crippen LogP contribution >= 0.6 is 11.6 Å². The third-order valence-electron chi connectivity index (χ3n) is 3.74. The van der Waals surface area contributed by atoms with Gasteiger partial charge in [0.1, 0.15) is 5.75 Å². The Bertz CT molecular complexity index is 393. The van der Waals surface area contributed by atoms with Crippen LogP contribution in [0.25, 0.3) is 0 Å². The molecule has 0 bridgehead atoms. The highest BCUT2D eigenvalue weighted by Crippen LogP contribution is 2.27. The van der Waals surface area contributed by atoms with E-state index >= 15 is 0 Å². The van der Waals surface area contributed by atoms with Gasteiger partial charge in [-0.1, -0.05) is 69.5 Å². The lowest BCUT2D eigenvalue weighted by molar-refractivity contribution is 0.304. The average Bonchev–Trinajstić information content (AvgIpc) is 2.46. The van der Waals surface area contributed by atoms with E-state index in [1.165, 1.54) is 44.9 Å². The van der Waals surface area contributed by atoms with Crippen LogP contribution in [0.4, 0.5) is 0 Å². The number of rotatable bonds is 11. The molecule has 0 amide bonds. The van der Waals surface area contributed by atoms with E-state index in [0.717, 1.165) is 24.3 Å². The molecule has 0 saturated carbocycles. The first-order valence-corrected chi connectivity index (χ1v) is 8.70. The summed E-state index contributed by atoms with van der Waals surface area (Å²) >= 11 is 6.20. The summed E-state index contributed by atoms with van der Waals surface area (Å²) in [6, 6.07) is 5.81. The normalized spacial score (nSPS) is 12.4. The predicted molar refractivity (Wildman–Crippen MR) is 92.2 cm³/mol. The molecule has 1 rings (SSSR count). The molecule has 0 unspecified atom stereocenters. The Hall–Kier alpha value is -0.730. The molecule has 3 heteroatoms. The molecule has 0 heterocycles. The molecule has 0 aromatic heterocycles. The average molecular weight is 312 g/mol. The number of halogens is 1. The second-order valence-corrected chi connectivity index (χ2v) is 6.21. The van der Waals surface area contributed by atoms with Crippen LogP contribution in [0.15, 0.2) is 18.2 Å². The minimum atomic E-state index is 0.00394. The van der Waals surface area contributed by atoms with Gasteiger partial charge in [-0.2, -0.15) is 0 Å². The molecule has 1 atom stereocenters. The summed E-state index contributed by atoms with van der Waals surface area (Å²) in [7, 11) is 0. The maximum Gasteiger partial charge on any atom is 0.137 e. The van der Waals surface area contributed by atoms with Gasteiger partial charge in [-0.25, -0.2) is 0 Å². The standard InChI is InChI=1S/C18H30ClNO/c1-3-4-5-6-7-8-9-10-13-21-18-12-11-16(15(2)20)14-17(18)19/h11-12,14-15H,3-10,13,20H2,1-2H3/t15-/m0/s1. The third kappa shape index (κ3) is 7.73. The summed E-state index contributed by atoms with van der Waals surface area (Å²) in [5.74, 6) is 0.768. The zero-order chi connectivity index (χ0) is 15.5. The third-order valence-corrected chi connectivity index (χ3v) is 4.03. The second-order valence-electron chi connectivity index (χ2n) is 5.80. The van der Waals surface area contributed by atoms with Crippen LogP contribution < -0.4 is 10.5 Å². The number of unbranched alkanes of at least 4 members (excludes halogenated alkanes) is 7. The first kappa shape index (κ1) is 18.3. The van der Waals surface area contributed by atoms with Gasteiger partial charge in [0.25, 0.3) is 0 Å². The molecule has 0 aliphatic heterocycles. The molecule has 0 aliphatic carbocycles. The van der Waals surface area contributed by atoms with E-state index in [2.05, 4.69) is 6.92 Å². The van der Waals surface area contributed by atoms with Crippen molar-refractivity contribution < 1.29 is 4.74 Å². The Morgan fingerprint density at radius 2 is 1.67 bits per heavy atom. The molecular formula is C18H30ClNO. The smallest absolute Gasteiger partial charge is 0.137 e. The lowest BCUT2D eigenvalue weighted by Crippen LogP contribution is -2.05. The molecule has 0 saturated heterocycles. The Kier molecular flexibility index (Phi) is 9.53. The lowest BCUT2D eigenvalue weighted by atomic mass is 10.1. The maximum absolute atomic E-state index is 6.20. The van der Waals surface area contributed by atoms with Crippen LogP contribution in [0.1, 0.15) is 76.8 Å². The molecule has 1 aromatic rings. The van der Waals surface area contributed by atoms with Crippen LogP contribution in [-0.4, -0.2) is 6.61 Å². The summed E-state index contributed by atoms with van der Waals surface area (Å²) in [5.41, 5.74) is 6.87. The van der Waals surface area contributed by atoms with E-state index < -0.39 is 0 Å². The molecular weight excluding hydrogens is 282 g/mol. The fraction of sp³-hybridized carbons (Fsp3) is 0.667. The van der Waals surface area contributed by atoms with Crippen molar-refractivity contribution in [2.75, 3.05) is 6.61 Å². The van der Waals surface area contributed by atoms with Crippen molar-refractivity contribution in [1.82, 2.24) is 0 Å².